The molecule has 0 amide bonds. The standard InChI is InChI=1S/C14H13N3O/c1-14(18)8-17(9-14)13-6-10(7-15)11-4-2-3-5-12(11)16-13/h2-6,18H,8-9H2,1H3. The topological polar surface area (TPSA) is 60.1 Å². The summed E-state index contributed by atoms with van der Waals surface area (Å²) in [5.41, 5.74) is 0.806. The molecule has 2 aromatic rings. The highest BCUT2D eigenvalue weighted by atomic mass is 16.3. The summed E-state index contributed by atoms with van der Waals surface area (Å²) in [4.78, 5) is 6.51. The van der Waals surface area contributed by atoms with Crippen molar-refractivity contribution in [2.45, 2.75) is 12.5 Å². The maximum absolute atomic E-state index is 9.75. The van der Waals surface area contributed by atoms with Crippen LogP contribution in [0, 0.1) is 11.3 Å². The summed E-state index contributed by atoms with van der Waals surface area (Å²) in [6.07, 6.45) is 0. The average molecular weight is 239 g/mol. The van der Waals surface area contributed by atoms with Gasteiger partial charge in [-0.2, -0.15) is 5.26 Å². The van der Waals surface area contributed by atoms with E-state index in [1.54, 1.807) is 13.0 Å². The van der Waals surface area contributed by atoms with Crippen molar-refractivity contribution < 1.29 is 5.11 Å². The van der Waals surface area contributed by atoms with Gasteiger partial charge in [0.2, 0.25) is 0 Å². The number of aromatic nitrogens is 1. The highest BCUT2D eigenvalue weighted by molar-refractivity contribution is 5.86. The Kier molecular flexibility index (Phi) is 2.25. The van der Waals surface area contributed by atoms with Gasteiger partial charge in [0.15, 0.2) is 0 Å². The van der Waals surface area contributed by atoms with Crippen LogP contribution in [0.25, 0.3) is 10.9 Å². The molecule has 0 aliphatic carbocycles. The molecule has 1 aliphatic rings. The molecule has 3 rings (SSSR count). The zero-order chi connectivity index (χ0) is 12.8. The molecule has 4 nitrogen and oxygen atoms in total. The third kappa shape index (κ3) is 1.69. The molecule has 1 fully saturated rings. The second-order valence-electron chi connectivity index (χ2n) is 5.01. The number of β-amino-alcohol motifs (C(OH)–C–C–N with tert-alkyl or cyclic N) is 1. The van der Waals surface area contributed by atoms with E-state index in [0.29, 0.717) is 18.7 Å². The maximum Gasteiger partial charge on any atom is 0.130 e. The summed E-state index contributed by atoms with van der Waals surface area (Å²) in [5, 5.41) is 19.8. The van der Waals surface area contributed by atoms with Crippen LogP contribution in [0.5, 0.6) is 0 Å². The van der Waals surface area contributed by atoms with Crippen LogP contribution in [0.3, 0.4) is 0 Å². The molecule has 0 atom stereocenters. The van der Waals surface area contributed by atoms with E-state index in [4.69, 9.17) is 0 Å². The normalized spacial score (nSPS) is 17.3. The largest absolute Gasteiger partial charge is 0.386 e. The molecule has 0 bridgehead atoms. The molecule has 0 saturated carbocycles. The Hall–Kier alpha value is -2.12. The first-order valence-corrected chi connectivity index (χ1v) is 5.86. The van der Waals surface area contributed by atoms with Crippen molar-refractivity contribution in [2.24, 2.45) is 0 Å². The summed E-state index contributed by atoms with van der Waals surface area (Å²) < 4.78 is 0. The molecule has 1 aliphatic heterocycles. The Labute approximate surface area is 105 Å². The number of para-hydroxylation sites is 1. The lowest BCUT2D eigenvalue weighted by Crippen LogP contribution is -2.60. The summed E-state index contributed by atoms with van der Waals surface area (Å²) in [6, 6.07) is 11.6. The third-order valence-corrected chi connectivity index (χ3v) is 3.21. The maximum atomic E-state index is 9.75. The van der Waals surface area contributed by atoms with Gasteiger partial charge >= 0.3 is 0 Å². The molecule has 2 heterocycles. The first-order chi connectivity index (χ1) is 8.59. The molecule has 1 aromatic carbocycles. The van der Waals surface area contributed by atoms with E-state index >= 15 is 0 Å². The number of aliphatic hydroxyl groups is 1. The number of hydrogen-bond donors (Lipinski definition) is 1. The van der Waals surface area contributed by atoms with Crippen LogP contribution >= 0.6 is 0 Å². The summed E-state index contributed by atoms with van der Waals surface area (Å²) >= 11 is 0. The molecule has 1 N–H and O–H groups in total. The van der Waals surface area contributed by atoms with Gasteiger partial charge in [-0.05, 0) is 19.1 Å². The fourth-order valence-electron chi connectivity index (χ4n) is 2.35. The van der Waals surface area contributed by atoms with E-state index in [2.05, 4.69) is 11.1 Å². The molecule has 0 spiro atoms. The van der Waals surface area contributed by atoms with Crippen molar-refractivity contribution >= 4 is 16.7 Å². The molecule has 18 heavy (non-hydrogen) atoms. The Bertz CT molecular complexity index is 650. The van der Waals surface area contributed by atoms with E-state index in [1.807, 2.05) is 29.2 Å². The number of anilines is 1. The number of rotatable bonds is 1. The Morgan fingerprint density at radius 3 is 2.78 bits per heavy atom. The second kappa shape index (κ2) is 3.69. The monoisotopic (exact) mass is 239 g/mol. The van der Waals surface area contributed by atoms with Gasteiger partial charge in [-0.1, -0.05) is 18.2 Å². The van der Waals surface area contributed by atoms with Gasteiger partial charge < -0.3 is 10.0 Å². The van der Waals surface area contributed by atoms with Crippen LogP contribution in [0.4, 0.5) is 5.82 Å². The van der Waals surface area contributed by atoms with E-state index in [-0.39, 0.29) is 0 Å². The first-order valence-electron chi connectivity index (χ1n) is 5.86. The number of nitrogens with zero attached hydrogens (tertiary/aromatic N) is 3. The van der Waals surface area contributed by atoms with E-state index in [1.165, 1.54) is 0 Å². The van der Waals surface area contributed by atoms with Gasteiger partial charge in [0, 0.05) is 18.5 Å². The minimum absolute atomic E-state index is 0.559. The van der Waals surface area contributed by atoms with Gasteiger partial charge in [-0.15, -0.1) is 0 Å². The molecule has 0 radical (unpaired) electrons. The fourth-order valence-corrected chi connectivity index (χ4v) is 2.35. The summed E-state index contributed by atoms with van der Waals surface area (Å²) in [6.45, 7) is 2.92. The minimum atomic E-state index is -0.639. The Balaban J connectivity index is 2.07. The number of hydrogen-bond acceptors (Lipinski definition) is 4. The molecule has 1 aromatic heterocycles. The van der Waals surface area contributed by atoms with Crippen LogP contribution in [-0.2, 0) is 0 Å². The Morgan fingerprint density at radius 1 is 1.39 bits per heavy atom. The van der Waals surface area contributed by atoms with Gasteiger partial charge in [0.1, 0.15) is 5.82 Å². The predicted octanol–water partition coefficient (Wildman–Crippen LogP) is 1.68. The number of pyridine rings is 1. The van der Waals surface area contributed by atoms with Crippen molar-refractivity contribution in [1.82, 2.24) is 4.98 Å². The molecule has 4 heteroatoms. The average Bonchev–Trinajstić information content (AvgIpc) is 2.34. The van der Waals surface area contributed by atoms with Crippen LogP contribution < -0.4 is 4.90 Å². The van der Waals surface area contributed by atoms with Crippen molar-refractivity contribution in [3.05, 3.63) is 35.9 Å². The summed E-state index contributed by atoms with van der Waals surface area (Å²) in [5.74, 6) is 0.761. The number of benzene rings is 1. The van der Waals surface area contributed by atoms with Crippen molar-refractivity contribution in [3.8, 4) is 6.07 Å². The van der Waals surface area contributed by atoms with Crippen LogP contribution in [0.15, 0.2) is 30.3 Å². The quantitative estimate of drug-likeness (QED) is 0.822. The van der Waals surface area contributed by atoms with E-state index in [9.17, 15) is 10.4 Å². The third-order valence-electron chi connectivity index (χ3n) is 3.21. The van der Waals surface area contributed by atoms with E-state index < -0.39 is 5.60 Å². The van der Waals surface area contributed by atoms with Gasteiger partial charge in [0.05, 0.1) is 22.8 Å². The van der Waals surface area contributed by atoms with Crippen LogP contribution in [-0.4, -0.2) is 28.8 Å². The second-order valence-corrected chi connectivity index (χ2v) is 5.01. The predicted molar refractivity (Wildman–Crippen MR) is 69.3 cm³/mol. The highest BCUT2D eigenvalue weighted by Gasteiger charge is 2.37. The van der Waals surface area contributed by atoms with Gasteiger partial charge in [-0.3, -0.25) is 0 Å². The van der Waals surface area contributed by atoms with Crippen molar-refractivity contribution in [1.29, 1.82) is 5.26 Å². The minimum Gasteiger partial charge on any atom is -0.386 e. The van der Waals surface area contributed by atoms with Gasteiger partial charge in [-0.25, -0.2) is 4.98 Å². The zero-order valence-corrected chi connectivity index (χ0v) is 10.1. The van der Waals surface area contributed by atoms with E-state index in [0.717, 1.165) is 16.7 Å². The highest BCUT2D eigenvalue weighted by Crippen LogP contribution is 2.29. The number of nitriles is 1. The molecule has 0 unspecified atom stereocenters. The smallest absolute Gasteiger partial charge is 0.130 e. The molecular weight excluding hydrogens is 226 g/mol. The molecule has 90 valence electrons. The van der Waals surface area contributed by atoms with Crippen molar-refractivity contribution in [3.63, 3.8) is 0 Å². The van der Waals surface area contributed by atoms with Gasteiger partial charge in [0.25, 0.3) is 0 Å². The zero-order valence-electron chi connectivity index (χ0n) is 10.1. The molecule has 1 saturated heterocycles. The Morgan fingerprint density at radius 2 is 2.11 bits per heavy atom. The lowest BCUT2D eigenvalue weighted by Gasteiger charge is -2.45. The lowest BCUT2D eigenvalue weighted by molar-refractivity contribution is 0.0305. The molecular formula is C14H13N3O. The first kappa shape index (κ1) is 11.0. The summed E-state index contributed by atoms with van der Waals surface area (Å²) in [7, 11) is 0. The van der Waals surface area contributed by atoms with Crippen LogP contribution in [0.2, 0.25) is 0 Å². The van der Waals surface area contributed by atoms with Crippen LogP contribution in [0.1, 0.15) is 12.5 Å². The SMILES string of the molecule is CC1(O)CN(c2cc(C#N)c3ccccc3n2)C1. The van der Waals surface area contributed by atoms with Crippen molar-refractivity contribution in [2.75, 3.05) is 18.0 Å². The fraction of sp³-hybridized carbons (Fsp3) is 0.286. The lowest BCUT2D eigenvalue weighted by atomic mass is 9.96. The number of fused-ring (bicyclic) bond motifs is 1.